The number of para-hydroxylation sites is 1. The van der Waals surface area contributed by atoms with Gasteiger partial charge in [-0.2, -0.15) is 0 Å². The van der Waals surface area contributed by atoms with Crippen LogP contribution in [-0.2, 0) is 15.0 Å². The van der Waals surface area contributed by atoms with Gasteiger partial charge in [-0.3, -0.25) is 20.4 Å². The molecule has 2 N–H and O–H groups in total. The molecule has 2 aromatic carbocycles. The first-order chi connectivity index (χ1) is 12.8. The van der Waals surface area contributed by atoms with Crippen molar-refractivity contribution >= 4 is 11.8 Å². The minimum atomic E-state index is -0.763. The molecule has 0 aromatic heterocycles. The van der Waals surface area contributed by atoms with Gasteiger partial charge >= 0.3 is 0 Å². The van der Waals surface area contributed by atoms with Gasteiger partial charge in [-0.1, -0.05) is 51.1 Å². The number of amides is 2. The highest BCUT2D eigenvalue weighted by Gasteiger charge is 2.17. The largest absolute Gasteiger partial charge is 0.484 e. The molecule has 0 aliphatic heterocycles. The van der Waals surface area contributed by atoms with Gasteiger partial charge in [0.1, 0.15) is 11.5 Å². The molecule has 6 heteroatoms. The SMILES string of the molecule is CC(Oc1ccc(C(C)(C)C)cc1)C(=O)NNC(=O)COc1ccccc1. The summed E-state index contributed by atoms with van der Waals surface area (Å²) in [5, 5.41) is 0. The minimum absolute atomic E-state index is 0.0492. The highest BCUT2D eigenvalue weighted by atomic mass is 16.5. The highest BCUT2D eigenvalue weighted by Crippen LogP contribution is 2.24. The van der Waals surface area contributed by atoms with E-state index in [0.29, 0.717) is 11.5 Å². The molecule has 0 bridgehead atoms. The average molecular weight is 370 g/mol. The van der Waals surface area contributed by atoms with Crippen LogP contribution in [0.1, 0.15) is 33.3 Å². The molecule has 2 amide bonds. The van der Waals surface area contributed by atoms with Gasteiger partial charge in [0.05, 0.1) is 0 Å². The Hall–Kier alpha value is -3.02. The zero-order chi connectivity index (χ0) is 19.9. The van der Waals surface area contributed by atoms with Gasteiger partial charge in [0.25, 0.3) is 11.8 Å². The summed E-state index contributed by atoms with van der Waals surface area (Å²) in [6.07, 6.45) is -0.763. The van der Waals surface area contributed by atoms with Crippen molar-refractivity contribution in [3.63, 3.8) is 0 Å². The molecule has 0 fully saturated rings. The van der Waals surface area contributed by atoms with Gasteiger partial charge in [-0.05, 0) is 42.2 Å². The van der Waals surface area contributed by atoms with E-state index in [0.717, 1.165) is 0 Å². The van der Waals surface area contributed by atoms with Crippen LogP contribution in [0.3, 0.4) is 0 Å². The minimum Gasteiger partial charge on any atom is -0.484 e. The number of hydrogen-bond acceptors (Lipinski definition) is 4. The molecule has 0 aliphatic rings. The van der Waals surface area contributed by atoms with Crippen LogP contribution in [0, 0.1) is 0 Å². The van der Waals surface area contributed by atoms with Crippen molar-refractivity contribution in [1.82, 2.24) is 10.9 Å². The second kappa shape index (κ2) is 9.07. The van der Waals surface area contributed by atoms with Gasteiger partial charge in [0.15, 0.2) is 12.7 Å². The van der Waals surface area contributed by atoms with Crippen LogP contribution in [0.4, 0.5) is 0 Å². The molecule has 27 heavy (non-hydrogen) atoms. The normalized spacial score (nSPS) is 12.0. The van der Waals surface area contributed by atoms with E-state index in [1.165, 1.54) is 5.56 Å². The average Bonchev–Trinajstić information content (AvgIpc) is 2.65. The van der Waals surface area contributed by atoms with Crippen molar-refractivity contribution in [2.45, 2.75) is 39.2 Å². The van der Waals surface area contributed by atoms with Crippen molar-refractivity contribution in [2.75, 3.05) is 6.61 Å². The second-order valence-electron chi connectivity index (χ2n) is 7.17. The van der Waals surface area contributed by atoms with E-state index in [4.69, 9.17) is 9.47 Å². The van der Waals surface area contributed by atoms with E-state index < -0.39 is 17.9 Å². The third-order valence-electron chi connectivity index (χ3n) is 3.84. The number of hydrogen-bond donors (Lipinski definition) is 2. The summed E-state index contributed by atoms with van der Waals surface area (Å²) in [6, 6.07) is 16.6. The van der Waals surface area contributed by atoms with Crippen LogP contribution in [0.5, 0.6) is 11.5 Å². The summed E-state index contributed by atoms with van der Waals surface area (Å²) in [7, 11) is 0. The van der Waals surface area contributed by atoms with Gasteiger partial charge < -0.3 is 9.47 Å². The number of ether oxygens (including phenoxy) is 2. The fourth-order valence-electron chi connectivity index (χ4n) is 2.23. The fraction of sp³-hybridized carbons (Fsp3) is 0.333. The Kier molecular flexibility index (Phi) is 6.82. The number of carbonyl (C=O) groups is 2. The molecule has 2 aromatic rings. The molecule has 0 heterocycles. The van der Waals surface area contributed by atoms with Crippen LogP contribution in [0.15, 0.2) is 54.6 Å². The maximum atomic E-state index is 12.1. The van der Waals surface area contributed by atoms with Gasteiger partial charge in [0.2, 0.25) is 0 Å². The van der Waals surface area contributed by atoms with Crippen molar-refractivity contribution in [2.24, 2.45) is 0 Å². The Bertz CT molecular complexity index is 752. The molecule has 0 radical (unpaired) electrons. The number of rotatable bonds is 6. The maximum Gasteiger partial charge on any atom is 0.279 e. The molecule has 1 atom stereocenters. The first-order valence-electron chi connectivity index (χ1n) is 8.79. The molecule has 0 aliphatic carbocycles. The van der Waals surface area contributed by atoms with Crippen LogP contribution in [0.2, 0.25) is 0 Å². The third kappa shape index (κ3) is 6.66. The first kappa shape index (κ1) is 20.3. The summed E-state index contributed by atoms with van der Waals surface area (Å²) in [4.78, 5) is 23.8. The third-order valence-corrected chi connectivity index (χ3v) is 3.84. The second-order valence-corrected chi connectivity index (χ2v) is 7.17. The summed E-state index contributed by atoms with van der Waals surface area (Å²) in [6.45, 7) is 7.79. The molecule has 0 saturated heterocycles. The molecule has 2 rings (SSSR count). The Morgan fingerprint density at radius 3 is 2.15 bits per heavy atom. The van der Waals surface area contributed by atoms with Gasteiger partial charge in [-0.15, -0.1) is 0 Å². The molecule has 0 spiro atoms. The molecule has 0 saturated carbocycles. The van der Waals surface area contributed by atoms with Crippen molar-refractivity contribution in [1.29, 1.82) is 0 Å². The molecular weight excluding hydrogens is 344 g/mol. The van der Waals surface area contributed by atoms with E-state index in [1.54, 1.807) is 19.1 Å². The summed E-state index contributed by atoms with van der Waals surface area (Å²) in [5.74, 6) is 0.246. The van der Waals surface area contributed by atoms with Gasteiger partial charge in [0, 0.05) is 0 Å². The van der Waals surface area contributed by atoms with E-state index in [9.17, 15) is 9.59 Å². The summed E-state index contributed by atoms with van der Waals surface area (Å²) in [5.41, 5.74) is 5.86. The lowest BCUT2D eigenvalue weighted by atomic mass is 9.87. The van der Waals surface area contributed by atoms with Crippen LogP contribution in [0.25, 0.3) is 0 Å². The van der Waals surface area contributed by atoms with Crippen molar-refractivity contribution < 1.29 is 19.1 Å². The summed E-state index contributed by atoms with van der Waals surface area (Å²) < 4.78 is 10.9. The lowest BCUT2D eigenvalue weighted by molar-refractivity contribution is -0.133. The fourth-order valence-corrected chi connectivity index (χ4v) is 2.23. The Morgan fingerprint density at radius 1 is 0.926 bits per heavy atom. The maximum absolute atomic E-state index is 12.1. The molecule has 1 unspecified atom stereocenters. The van der Waals surface area contributed by atoms with Crippen molar-refractivity contribution in [3.8, 4) is 11.5 Å². The van der Waals surface area contributed by atoms with Gasteiger partial charge in [-0.25, -0.2) is 0 Å². The van der Waals surface area contributed by atoms with E-state index in [1.807, 2.05) is 42.5 Å². The molecular formula is C21H26N2O4. The highest BCUT2D eigenvalue weighted by molar-refractivity contribution is 5.85. The van der Waals surface area contributed by atoms with E-state index >= 15 is 0 Å². The monoisotopic (exact) mass is 370 g/mol. The van der Waals surface area contributed by atoms with Crippen LogP contribution >= 0.6 is 0 Å². The quantitative estimate of drug-likeness (QED) is 0.767. The number of nitrogens with one attached hydrogen (secondary N) is 2. The molecule has 6 nitrogen and oxygen atoms in total. The standard InChI is InChI=1S/C21H26N2O4/c1-15(27-18-12-10-16(11-13-18)21(2,3)4)20(25)23-22-19(24)14-26-17-8-6-5-7-9-17/h5-13,15H,14H2,1-4H3,(H,22,24)(H,23,25). The number of hydrazine groups is 1. The smallest absolute Gasteiger partial charge is 0.279 e. The predicted octanol–water partition coefficient (Wildman–Crippen LogP) is 2.98. The first-order valence-corrected chi connectivity index (χ1v) is 8.79. The number of carbonyl (C=O) groups excluding carboxylic acids is 2. The van der Waals surface area contributed by atoms with Crippen LogP contribution in [-0.4, -0.2) is 24.5 Å². The predicted molar refractivity (Wildman–Crippen MR) is 103 cm³/mol. The zero-order valence-electron chi connectivity index (χ0n) is 16.1. The topological polar surface area (TPSA) is 76.7 Å². The van der Waals surface area contributed by atoms with E-state index in [2.05, 4.69) is 31.6 Å². The Balaban J connectivity index is 1.75. The molecule has 144 valence electrons. The van der Waals surface area contributed by atoms with Crippen LogP contribution < -0.4 is 20.3 Å². The summed E-state index contributed by atoms with van der Waals surface area (Å²) >= 11 is 0. The lowest BCUT2D eigenvalue weighted by Gasteiger charge is -2.20. The zero-order valence-corrected chi connectivity index (χ0v) is 16.1. The van der Waals surface area contributed by atoms with Crippen molar-refractivity contribution in [3.05, 3.63) is 60.2 Å². The Labute approximate surface area is 159 Å². The Morgan fingerprint density at radius 2 is 1.56 bits per heavy atom. The van der Waals surface area contributed by atoms with E-state index in [-0.39, 0.29) is 12.0 Å². The lowest BCUT2D eigenvalue weighted by Crippen LogP contribution is -2.48. The number of benzene rings is 2.